The Labute approximate surface area is 105 Å². The summed E-state index contributed by atoms with van der Waals surface area (Å²) in [5, 5.41) is 2.23. The molecule has 6 nitrogen and oxygen atoms in total. The van der Waals surface area contributed by atoms with Gasteiger partial charge in [-0.2, -0.15) is 15.0 Å². The van der Waals surface area contributed by atoms with Crippen molar-refractivity contribution in [1.29, 1.82) is 0 Å². The third kappa shape index (κ3) is 3.67. The fourth-order valence-corrected chi connectivity index (χ4v) is 1.88. The van der Waals surface area contributed by atoms with Gasteiger partial charge in [0.05, 0.1) is 6.61 Å². The zero-order valence-corrected chi connectivity index (χ0v) is 10.6. The number of nitrogens with one attached hydrogen (secondary N) is 1. The lowest BCUT2D eigenvalue weighted by Gasteiger charge is -2.26. The summed E-state index contributed by atoms with van der Waals surface area (Å²) >= 11 is 5.80. The second kappa shape index (κ2) is 5.97. The number of hydrogen-bond donors (Lipinski definition) is 1. The van der Waals surface area contributed by atoms with Gasteiger partial charge in [-0.15, -0.1) is 0 Å². The number of anilines is 1. The molecular formula is C10H16ClN5O. The van der Waals surface area contributed by atoms with Crippen LogP contribution in [0.5, 0.6) is 6.01 Å². The molecule has 7 heteroatoms. The van der Waals surface area contributed by atoms with Gasteiger partial charge in [0.15, 0.2) is 0 Å². The van der Waals surface area contributed by atoms with Crippen molar-refractivity contribution in [2.24, 2.45) is 0 Å². The molecule has 1 aromatic heterocycles. The third-order valence-corrected chi connectivity index (χ3v) is 2.64. The van der Waals surface area contributed by atoms with Gasteiger partial charge in [-0.25, -0.2) is 5.01 Å². The van der Waals surface area contributed by atoms with Crippen molar-refractivity contribution in [3.05, 3.63) is 5.28 Å². The Morgan fingerprint density at radius 1 is 1.24 bits per heavy atom. The van der Waals surface area contributed by atoms with Crippen molar-refractivity contribution in [3.8, 4) is 6.01 Å². The first-order valence-corrected chi connectivity index (χ1v) is 6.21. The van der Waals surface area contributed by atoms with Crippen molar-refractivity contribution in [2.45, 2.75) is 26.2 Å². The molecular weight excluding hydrogens is 242 g/mol. The molecule has 17 heavy (non-hydrogen) atoms. The molecule has 0 bridgehead atoms. The Kier molecular flexibility index (Phi) is 4.33. The first-order chi connectivity index (χ1) is 8.28. The van der Waals surface area contributed by atoms with Crippen LogP contribution in [0.2, 0.25) is 5.28 Å². The molecule has 0 unspecified atom stereocenters. The molecule has 0 saturated carbocycles. The molecule has 0 aromatic carbocycles. The maximum absolute atomic E-state index is 5.80. The van der Waals surface area contributed by atoms with E-state index in [0.29, 0.717) is 12.6 Å². The first-order valence-electron chi connectivity index (χ1n) is 5.84. The number of piperidine rings is 1. The Balaban J connectivity index is 2.03. The summed E-state index contributed by atoms with van der Waals surface area (Å²) in [6, 6.07) is 0.256. The fraction of sp³-hybridized carbons (Fsp3) is 0.700. The van der Waals surface area contributed by atoms with E-state index in [-0.39, 0.29) is 11.3 Å². The average molecular weight is 258 g/mol. The second-order valence-corrected chi connectivity index (χ2v) is 4.14. The Morgan fingerprint density at radius 3 is 2.71 bits per heavy atom. The van der Waals surface area contributed by atoms with Gasteiger partial charge in [-0.1, -0.05) is 6.42 Å². The molecule has 0 spiro atoms. The normalized spacial score (nSPS) is 16.8. The molecule has 2 heterocycles. The molecule has 1 fully saturated rings. The van der Waals surface area contributed by atoms with Crippen LogP contribution in [0.3, 0.4) is 0 Å². The van der Waals surface area contributed by atoms with Crippen molar-refractivity contribution in [3.63, 3.8) is 0 Å². The van der Waals surface area contributed by atoms with E-state index in [0.717, 1.165) is 13.1 Å². The summed E-state index contributed by atoms with van der Waals surface area (Å²) in [6.07, 6.45) is 3.65. The van der Waals surface area contributed by atoms with Gasteiger partial charge < -0.3 is 4.74 Å². The van der Waals surface area contributed by atoms with E-state index >= 15 is 0 Å². The summed E-state index contributed by atoms with van der Waals surface area (Å²) in [5.41, 5.74) is 3.13. The topological polar surface area (TPSA) is 63.2 Å². The quantitative estimate of drug-likeness (QED) is 0.886. The minimum atomic E-state index is 0.142. The van der Waals surface area contributed by atoms with Crippen molar-refractivity contribution in [2.75, 3.05) is 25.1 Å². The summed E-state index contributed by atoms with van der Waals surface area (Å²) in [6.45, 7) is 4.36. The van der Waals surface area contributed by atoms with Gasteiger partial charge in [-0.05, 0) is 31.4 Å². The number of ether oxygens (including phenoxy) is 1. The number of hydrazine groups is 1. The molecule has 1 aromatic rings. The van der Waals surface area contributed by atoms with Crippen LogP contribution >= 0.6 is 11.6 Å². The van der Waals surface area contributed by atoms with Crippen LogP contribution in [0.1, 0.15) is 26.2 Å². The highest BCUT2D eigenvalue weighted by Gasteiger charge is 2.12. The molecule has 2 rings (SSSR count). The Morgan fingerprint density at radius 2 is 2.00 bits per heavy atom. The van der Waals surface area contributed by atoms with E-state index in [4.69, 9.17) is 16.3 Å². The van der Waals surface area contributed by atoms with Crippen molar-refractivity contribution in [1.82, 2.24) is 20.0 Å². The van der Waals surface area contributed by atoms with E-state index in [9.17, 15) is 0 Å². The highest BCUT2D eigenvalue weighted by atomic mass is 35.5. The minimum absolute atomic E-state index is 0.142. The van der Waals surface area contributed by atoms with E-state index < -0.39 is 0 Å². The number of rotatable bonds is 4. The van der Waals surface area contributed by atoms with Gasteiger partial charge in [0.2, 0.25) is 11.2 Å². The maximum atomic E-state index is 5.80. The average Bonchev–Trinajstić information content (AvgIpc) is 2.30. The summed E-state index contributed by atoms with van der Waals surface area (Å²) in [5.74, 6) is 0.440. The maximum Gasteiger partial charge on any atom is 0.322 e. The van der Waals surface area contributed by atoms with Gasteiger partial charge in [-0.3, -0.25) is 5.43 Å². The number of aromatic nitrogens is 3. The van der Waals surface area contributed by atoms with Crippen LogP contribution in [-0.2, 0) is 0 Å². The Hall–Kier alpha value is -1.14. The molecule has 1 saturated heterocycles. The van der Waals surface area contributed by atoms with E-state index in [1.807, 2.05) is 6.92 Å². The van der Waals surface area contributed by atoms with Gasteiger partial charge in [0.1, 0.15) is 0 Å². The van der Waals surface area contributed by atoms with Crippen LogP contribution in [0.15, 0.2) is 0 Å². The second-order valence-electron chi connectivity index (χ2n) is 3.80. The van der Waals surface area contributed by atoms with Crippen molar-refractivity contribution < 1.29 is 4.74 Å². The Bertz CT molecular complexity index is 370. The van der Waals surface area contributed by atoms with Gasteiger partial charge >= 0.3 is 6.01 Å². The lowest BCUT2D eigenvalue weighted by molar-refractivity contribution is 0.268. The van der Waals surface area contributed by atoms with E-state index in [2.05, 4.69) is 25.4 Å². The number of nitrogens with zero attached hydrogens (tertiary/aromatic N) is 4. The van der Waals surface area contributed by atoms with Gasteiger partial charge in [0, 0.05) is 13.1 Å². The summed E-state index contributed by atoms with van der Waals surface area (Å²) < 4.78 is 5.21. The van der Waals surface area contributed by atoms with Crippen LogP contribution in [0.25, 0.3) is 0 Å². The first kappa shape index (κ1) is 12.3. The van der Waals surface area contributed by atoms with E-state index in [1.54, 1.807) is 0 Å². The lowest BCUT2D eigenvalue weighted by Crippen LogP contribution is -2.35. The predicted octanol–water partition coefficient (Wildman–Crippen LogP) is 1.74. The molecule has 94 valence electrons. The molecule has 1 aliphatic rings. The van der Waals surface area contributed by atoms with Crippen LogP contribution < -0.4 is 10.2 Å². The van der Waals surface area contributed by atoms with Crippen LogP contribution in [-0.4, -0.2) is 39.7 Å². The standard InChI is InChI=1S/C10H16ClN5O/c1-2-17-10-13-8(11)12-9(14-10)15-16-6-4-3-5-7-16/h2-7H2,1H3,(H,12,13,14,15). The zero-order chi connectivity index (χ0) is 12.1. The molecule has 0 radical (unpaired) electrons. The third-order valence-electron chi connectivity index (χ3n) is 2.48. The highest BCUT2D eigenvalue weighted by Crippen LogP contribution is 2.14. The summed E-state index contributed by atoms with van der Waals surface area (Å²) in [7, 11) is 0. The van der Waals surface area contributed by atoms with E-state index in [1.165, 1.54) is 19.3 Å². The largest absolute Gasteiger partial charge is 0.464 e. The predicted molar refractivity (Wildman–Crippen MR) is 65.1 cm³/mol. The highest BCUT2D eigenvalue weighted by molar-refractivity contribution is 6.28. The minimum Gasteiger partial charge on any atom is -0.464 e. The SMILES string of the molecule is CCOc1nc(Cl)nc(NN2CCCCC2)n1. The van der Waals surface area contributed by atoms with Gasteiger partial charge in [0.25, 0.3) is 0 Å². The van der Waals surface area contributed by atoms with Crippen molar-refractivity contribution >= 4 is 17.5 Å². The monoisotopic (exact) mass is 257 g/mol. The fourth-order valence-electron chi connectivity index (χ4n) is 1.72. The molecule has 0 aliphatic carbocycles. The molecule has 1 N–H and O–H groups in total. The number of hydrogen-bond acceptors (Lipinski definition) is 6. The zero-order valence-electron chi connectivity index (χ0n) is 9.82. The lowest BCUT2D eigenvalue weighted by atomic mass is 10.2. The molecule has 1 aliphatic heterocycles. The van der Waals surface area contributed by atoms with Crippen LogP contribution in [0, 0.1) is 0 Å². The number of halogens is 1. The van der Waals surface area contributed by atoms with Crippen LogP contribution in [0.4, 0.5) is 5.95 Å². The smallest absolute Gasteiger partial charge is 0.322 e. The molecule has 0 amide bonds. The summed E-state index contributed by atoms with van der Waals surface area (Å²) in [4.78, 5) is 12.0. The molecule has 0 atom stereocenters.